The van der Waals surface area contributed by atoms with Crippen LogP contribution in [0.15, 0.2) is 0 Å². The van der Waals surface area contributed by atoms with E-state index in [1.54, 1.807) is 0 Å². The van der Waals surface area contributed by atoms with Gasteiger partial charge in [-0.15, -0.1) is 0 Å². The van der Waals surface area contributed by atoms with Crippen molar-refractivity contribution in [2.24, 2.45) is 0 Å². The van der Waals surface area contributed by atoms with Gasteiger partial charge in [0.1, 0.15) is 0 Å². The first kappa shape index (κ1) is 13.9. The van der Waals surface area contributed by atoms with Gasteiger partial charge in [-0.1, -0.05) is 33.1 Å². The van der Waals surface area contributed by atoms with Crippen molar-refractivity contribution in [1.29, 1.82) is 0 Å². The van der Waals surface area contributed by atoms with Crippen molar-refractivity contribution >= 4 is 0 Å². The molecule has 0 bridgehead atoms. The van der Waals surface area contributed by atoms with Gasteiger partial charge in [-0.05, 0) is 26.3 Å². The monoisotopic (exact) mass is 201 g/mol. The lowest BCUT2D eigenvalue weighted by molar-refractivity contribution is 0.188. The lowest BCUT2D eigenvalue weighted by Crippen LogP contribution is -2.32. The lowest BCUT2D eigenvalue weighted by atomic mass is 10.0. The summed E-state index contributed by atoms with van der Waals surface area (Å²) >= 11 is 0. The van der Waals surface area contributed by atoms with Crippen molar-refractivity contribution in [1.82, 2.24) is 4.90 Å². The number of hydrogen-bond acceptors (Lipinski definition) is 2. The highest BCUT2D eigenvalue weighted by Gasteiger charge is 2.12. The Bertz CT molecular complexity index is 117. The third-order valence-electron chi connectivity index (χ3n) is 2.81. The van der Waals surface area contributed by atoms with E-state index in [2.05, 4.69) is 25.8 Å². The largest absolute Gasteiger partial charge is 0.396 e. The molecule has 0 aromatic carbocycles. The molecular weight excluding hydrogens is 174 g/mol. The second kappa shape index (κ2) is 9.47. The molecule has 0 rings (SSSR count). The maximum Gasteiger partial charge on any atom is 0.0443 e. The highest BCUT2D eigenvalue weighted by atomic mass is 16.3. The van der Waals surface area contributed by atoms with Crippen LogP contribution in [0.3, 0.4) is 0 Å². The minimum Gasteiger partial charge on any atom is -0.396 e. The number of aliphatic hydroxyl groups is 1. The fraction of sp³-hybridized carbons (Fsp3) is 1.00. The Hall–Kier alpha value is -0.0800. The van der Waals surface area contributed by atoms with E-state index in [4.69, 9.17) is 5.11 Å². The Labute approximate surface area is 89.3 Å². The molecule has 1 atom stereocenters. The number of unbranched alkanes of at least 4 members (excludes halogenated alkanes) is 1. The molecule has 2 nitrogen and oxygen atoms in total. The molecule has 0 aliphatic heterocycles. The summed E-state index contributed by atoms with van der Waals surface area (Å²) in [7, 11) is 2.19. The third-order valence-corrected chi connectivity index (χ3v) is 2.81. The molecule has 0 amide bonds. The molecule has 0 radical (unpaired) electrons. The van der Waals surface area contributed by atoms with Crippen LogP contribution in [-0.4, -0.2) is 36.2 Å². The maximum atomic E-state index is 8.78. The van der Waals surface area contributed by atoms with Crippen molar-refractivity contribution in [2.45, 2.75) is 58.4 Å². The molecule has 14 heavy (non-hydrogen) atoms. The van der Waals surface area contributed by atoms with Crippen LogP contribution in [0, 0.1) is 0 Å². The van der Waals surface area contributed by atoms with E-state index in [0.717, 1.165) is 19.0 Å². The lowest BCUT2D eigenvalue weighted by Gasteiger charge is -2.27. The number of hydrogen-bond donors (Lipinski definition) is 1. The molecule has 0 aliphatic carbocycles. The highest BCUT2D eigenvalue weighted by molar-refractivity contribution is 4.68. The van der Waals surface area contributed by atoms with Gasteiger partial charge in [0.25, 0.3) is 0 Å². The van der Waals surface area contributed by atoms with Crippen LogP contribution < -0.4 is 0 Å². The molecule has 0 aromatic heterocycles. The quantitative estimate of drug-likeness (QED) is 0.620. The fourth-order valence-corrected chi connectivity index (χ4v) is 1.86. The normalized spacial score (nSPS) is 13.5. The summed E-state index contributed by atoms with van der Waals surface area (Å²) in [6.07, 6.45) is 7.39. The van der Waals surface area contributed by atoms with Gasteiger partial charge in [-0.25, -0.2) is 0 Å². The van der Waals surface area contributed by atoms with Crippen LogP contribution in [-0.2, 0) is 0 Å². The van der Waals surface area contributed by atoms with E-state index in [9.17, 15) is 0 Å². The van der Waals surface area contributed by atoms with E-state index >= 15 is 0 Å². The Balaban J connectivity index is 3.77. The van der Waals surface area contributed by atoms with Gasteiger partial charge < -0.3 is 10.0 Å². The third kappa shape index (κ3) is 6.39. The van der Waals surface area contributed by atoms with E-state index in [1.807, 2.05) is 0 Å². The summed E-state index contributed by atoms with van der Waals surface area (Å²) in [5.41, 5.74) is 0. The summed E-state index contributed by atoms with van der Waals surface area (Å²) in [4.78, 5) is 2.41. The Morgan fingerprint density at radius 3 is 2.29 bits per heavy atom. The van der Waals surface area contributed by atoms with E-state index in [-0.39, 0.29) is 0 Å². The van der Waals surface area contributed by atoms with Crippen LogP contribution in [0.1, 0.15) is 52.4 Å². The van der Waals surface area contributed by atoms with Crippen LogP contribution >= 0.6 is 0 Å². The standard InChI is InChI=1S/C12H27NO/c1-4-6-9-12(8-5-2)13(3)10-7-11-14/h12,14H,4-11H2,1-3H3. The van der Waals surface area contributed by atoms with Crippen molar-refractivity contribution < 1.29 is 5.11 Å². The van der Waals surface area contributed by atoms with Gasteiger partial charge in [0, 0.05) is 19.2 Å². The molecular formula is C12H27NO. The molecule has 0 aliphatic rings. The van der Waals surface area contributed by atoms with Crippen molar-refractivity contribution in [2.75, 3.05) is 20.2 Å². The predicted molar refractivity (Wildman–Crippen MR) is 62.6 cm³/mol. The summed E-state index contributed by atoms with van der Waals surface area (Å²) < 4.78 is 0. The predicted octanol–water partition coefficient (Wildman–Crippen LogP) is 2.66. The summed E-state index contributed by atoms with van der Waals surface area (Å²) in [6, 6.07) is 0.728. The van der Waals surface area contributed by atoms with Gasteiger partial charge >= 0.3 is 0 Å². The smallest absolute Gasteiger partial charge is 0.0443 e. The number of nitrogens with zero attached hydrogens (tertiary/aromatic N) is 1. The Morgan fingerprint density at radius 1 is 1.07 bits per heavy atom. The zero-order valence-corrected chi connectivity index (χ0v) is 10.1. The van der Waals surface area contributed by atoms with Gasteiger partial charge in [0.05, 0.1) is 0 Å². The molecule has 0 spiro atoms. The number of rotatable bonds is 9. The molecule has 0 aromatic rings. The first-order valence-electron chi connectivity index (χ1n) is 6.07. The molecule has 1 N–H and O–H groups in total. The second-order valence-corrected chi connectivity index (χ2v) is 4.14. The zero-order chi connectivity index (χ0) is 10.8. The Morgan fingerprint density at radius 2 is 1.79 bits per heavy atom. The summed E-state index contributed by atoms with van der Waals surface area (Å²) in [6.45, 7) is 5.84. The van der Waals surface area contributed by atoms with E-state index in [0.29, 0.717) is 6.61 Å². The molecule has 1 unspecified atom stereocenters. The first-order chi connectivity index (χ1) is 6.76. The maximum absolute atomic E-state index is 8.78. The SMILES string of the molecule is CCCCC(CCC)N(C)CCCO. The van der Waals surface area contributed by atoms with Crippen molar-refractivity contribution in [3.63, 3.8) is 0 Å². The number of aliphatic hydroxyl groups excluding tert-OH is 1. The highest BCUT2D eigenvalue weighted by Crippen LogP contribution is 2.13. The minimum atomic E-state index is 0.316. The fourth-order valence-electron chi connectivity index (χ4n) is 1.86. The Kier molecular flexibility index (Phi) is 9.42. The molecule has 0 saturated carbocycles. The first-order valence-corrected chi connectivity index (χ1v) is 6.07. The molecule has 0 saturated heterocycles. The van der Waals surface area contributed by atoms with Crippen LogP contribution in [0.5, 0.6) is 0 Å². The van der Waals surface area contributed by atoms with Gasteiger partial charge in [-0.2, -0.15) is 0 Å². The molecule has 2 heteroatoms. The average Bonchev–Trinajstić information content (AvgIpc) is 2.20. The van der Waals surface area contributed by atoms with Gasteiger partial charge in [-0.3, -0.25) is 0 Å². The van der Waals surface area contributed by atoms with Crippen LogP contribution in [0.2, 0.25) is 0 Å². The molecule has 0 fully saturated rings. The van der Waals surface area contributed by atoms with Crippen LogP contribution in [0.4, 0.5) is 0 Å². The topological polar surface area (TPSA) is 23.5 Å². The van der Waals surface area contributed by atoms with Crippen LogP contribution in [0.25, 0.3) is 0 Å². The van der Waals surface area contributed by atoms with Crippen molar-refractivity contribution in [3.05, 3.63) is 0 Å². The minimum absolute atomic E-state index is 0.316. The van der Waals surface area contributed by atoms with Gasteiger partial charge in [0.15, 0.2) is 0 Å². The average molecular weight is 201 g/mol. The second-order valence-electron chi connectivity index (χ2n) is 4.14. The van der Waals surface area contributed by atoms with E-state index in [1.165, 1.54) is 32.1 Å². The zero-order valence-electron chi connectivity index (χ0n) is 10.1. The molecule has 86 valence electrons. The summed E-state index contributed by atoms with van der Waals surface area (Å²) in [5, 5.41) is 8.78. The summed E-state index contributed by atoms with van der Waals surface area (Å²) in [5.74, 6) is 0. The van der Waals surface area contributed by atoms with Gasteiger partial charge in [0.2, 0.25) is 0 Å². The molecule has 0 heterocycles. The van der Waals surface area contributed by atoms with E-state index < -0.39 is 0 Å². The van der Waals surface area contributed by atoms with Crippen molar-refractivity contribution in [3.8, 4) is 0 Å².